The Kier molecular flexibility index (Phi) is 5.05. The van der Waals surface area contributed by atoms with Gasteiger partial charge in [0.1, 0.15) is 5.69 Å². The number of pyridine rings is 2. The highest BCUT2D eigenvalue weighted by Gasteiger charge is 2.43. The predicted molar refractivity (Wildman–Crippen MR) is 118 cm³/mol. The molecule has 5 heterocycles. The van der Waals surface area contributed by atoms with Crippen LogP contribution in [0.1, 0.15) is 34.9 Å². The Morgan fingerprint density at radius 2 is 2.00 bits per heavy atom. The fourth-order valence-corrected chi connectivity index (χ4v) is 5.21. The molecule has 5 nitrogen and oxygen atoms in total. The Hall–Kier alpha value is -3.05. The fraction of sp³-hybridized carbons (Fsp3) is 0.320. The van der Waals surface area contributed by atoms with Gasteiger partial charge in [0.05, 0.1) is 11.6 Å². The Morgan fingerprint density at radius 1 is 1.13 bits per heavy atom. The molecule has 3 aliphatic heterocycles. The third kappa shape index (κ3) is 3.39. The number of rotatable bonds is 5. The van der Waals surface area contributed by atoms with Crippen molar-refractivity contribution in [1.29, 1.82) is 0 Å². The number of amides is 1. The van der Waals surface area contributed by atoms with E-state index in [0.29, 0.717) is 17.5 Å². The van der Waals surface area contributed by atoms with Crippen molar-refractivity contribution in [1.82, 2.24) is 20.2 Å². The minimum atomic E-state index is -0.135. The normalized spacial score (nSPS) is 26.3. The van der Waals surface area contributed by atoms with Crippen molar-refractivity contribution >= 4 is 16.8 Å². The molecule has 6 rings (SSSR count). The number of para-hydroxylation sites is 1. The minimum Gasteiger partial charge on any atom is -0.342 e. The summed E-state index contributed by atoms with van der Waals surface area (Å²) in [5.41, 5.74) is 2.52. The molecule has 0 saturated carbocycles. The summed E-state index contributed by atoms with van der Waals surface area (Å²) in [4.78, 5) is 24.4. The predicted octanol–water partition coefficient (Wildman–Crippen LogP) is 4.00. The highest BCUT2D eigenvalue weighted by Crippen LogP contribution is 2.42. The SMILES string of the molecule is C=C[C@H]1CN2CCC1CC2[C@@H](NC(=O)c1ccccn1)c1ccnc2ccccc12. The van der Waals surface area contributed by atoms with Crippen LogP contribution in [0, 0.1) is 11.8 Å². The molecule has 5 heteroatoms. The van der Waals surface area contributed by atoms with Gasteiger partial charge < -0.3 is 5.32 Å². The quantitative estimate of drug-likeness (QED) is 0.660. The Labute approximate surface area is 176 Å². The van der Waals surface area contributed by atoms with Gasteiger partial charge in [-0.2, -0.15) is 0 Å². The number of carbonyl (C=O) groups is 1. The largest absolute Gasteiger partial charge is 0.342 e. The number of benzene rings is 1. The van der Waals surface area contributed by atoms with Crippen LogP contribution in [0.15, 0.2) is 73.6 Å². The fourth-order valence-electron chi connectivity index (χ4n) is 5.21. The van der Waals surface area contributed by atoms with E-state index < -0.39 is 0 Å². The van der Waals surface area contributed by atoms with E-state index in [0.717, 1.165) is 36.0 Å². The molecule has 2 aromatic heterocycles. The summed E-state index contributed by atoms with van der Waals surface area (Å²) in [6.45, 7) is 6.13. The molecule has 1 aromatic carbocycles. The van der Waals surface area contributed by atoms with E-state index in [1.807, 2.05) is 36.5 Å². The minimum absolute atomic E-state index is 0.124. The van der Waals surface area contributed by atoms with Gasteiger partial charge in [0.15, 0.2) is 0 Å². The second-order valence-electron chi connectivity index (χ2n) is 8.33. The maximum absolute atomic E-state index is 13.1. The van der Waals surface area contributed by atoms with Gasteiger partial charge in [-0.1, -0.05) is 30.3 Å². The molecule has 0 spiro atoms. The van der Waals surface area contributed by atoms with E-state index in [4.69, 9.17) is 0 Å². The summed E-state index contributed by atoms with van der Waals surface area (Å²) < 4.78 is 0. The number of hydrogen-bond donors (Lipinski definition) is 1. The van der Waals surface area contributed by atoms with Crippen LogP contribution in [0.25, 0.3) is 10.9 Å². The summed E-state index contributed by atoms with van der Waals surface area (Å²) >= 11 is 0. The molecule has 5 atom stereocenters. The lowest BCUT2D eigenvalue weighted by atomic mass is 9.73. The molecule has 2 bridgehead atoms. The van der Waals surface area contributed by atoms with Crippen LogP contribution in [-0.2, 0) is 0 Å². The molecule has 0 aliphatic carbocycles. The third-order valence-corrected chi connectivity index (χ3v) is 6.74. The van der Waals surface area contributed by atoms with E-state index >= 15 is 0 Å². The van der Waals surface area contributed by atoms with Gasteiger partial charge in [0, 0.05) is 30.4 Å². The summed E-state index contributed by atoms with van der Waals surface area (Å²) in [5, 5.41) is 4.42. The second kappa shape index (κ2) is 8.00. The van der Waals surface area contributed by atoms with Crippen molar-refractivity contribution in [3.05, 3.63) is 84.8 Å². The highest BCUT2D eigenvalue weighted by atomic mass is 16.2. The number of piperidine rings is 3. The molecule has 3 fully saturated rings. The van der Waals surface area contributed by atoms with E-state index in [1.54, 1.807) is 12.3 Å². The van der Waals surface area contributed by atoms with Crippen LogP contribution in [0.4, 0.5) is 0 Å². The summed E-state index contributed by atoms with van der Waals surface area (Å²) in [7, 11) is 0. The van der Waals surface area contributed by atoms with Crippen molar-refractivity contribution in [2.75, 3.05) is 13.1 Å². The lowest BCUT2D eigenvalue weighted by molar-refractivity contribution is 0.00167. The van der Waals surface area contributed by atoms with Gasteiger partial charge in [0.2, 0.25) is 0 Å². The highest BCUT2D eigenvalue weighted by molar-refractivity contribution is 5.93. The van der Waals surface area contributed by atoms with Crippen LogP contribution in [-0.4, -0.2) is 39.9 Å². The van der Waals surface area contributed by atoms with Crippen molar-refractivity contribution in [3.63, 3.8) is 0 Å². The maximum atomic E-state index is 13.1. The molecule has 3 aromatic rings. The number of nitrogens with one attached hydrogen (secondary N) is 1. The molecule has 30 heavy (non-hydrogen) atoms. The van der Waals surface area contributed by atoms with Crippen LogP contribution < -0.4 is 5.32 Å². The first-order chi connectivity index (χ1) is 14.7. The van der Waals surface area contributed by atoms with Crippen molar-refractivity contribution in [2.45, 2.75) is 24.9 Å². The number of nitrogens with zero attached hydrogens (tertiary/aromatic N) is 3. The molecular weight excluding hydrogens is 372 g/mol. The molecular formula is C25H26N4O. The molecule has 152 valence electrons. The average molecular weight is 399 g/mol. The van der Waals surface area contributed by atoms with E-state index in [-0.39, 0.29) is 18.0 Å². The van der Waals surface area contributed by atoms with E-state index in [9.17, 15) is 4.79 Å². The van der Waals surface area contributed by atoms with Gasteiger partial charge in [0.25, 0.3) is 5.91 Å². The number of carbonyl (C=O) groups excluding carboxylic acids is 1. The molecule has 3 unspecified atom stereocenters. The summed E-state index contributed by atoms with van der Waals surface area (Å²) in [5.74, 6) is 1.03. The molecule has 1 N–H and O–H groups in total. The molecule has 3 saturated heterocycles. The van der Waals surface area contributed by atoms with Crippen LogP contribution >= 0.6 is 0 Å². The first-order valence-corrected chi connectivity index (χ1v) is 10.7. The van der Waals surface area contributed by atoms with Crippen LogP contribution in [0.5, 0.6) is 0 Å². The Bertz CT molecular complexity index is 1060. The number of fused-ring (bicyclic) bond motifs is 4. The summed E-state index contributed by atoms with van der Waals surface area (Å²) in [6.07, 6.45) is 7.87. The lowest BCUT2D eigenvalue weighted by Gasteiger charge is -2.51. The number of aromatic nitrogens is 2. The first kappa shape index (κ1) is 18.9. The zero-order chi connectivity index (χ0) is 20.5. The van der Waals surface area contributed by atoms with Crippen molar-refractivity contribution < 1.29 is 4.79 Å². The lowest BCUT2D eigenvalue weighted by Crippen LogP contribution is -2.57. The van der Waals surface area contributed by atoms with E-state index in [2.05, 4.69) is 45.0 Å². The average Bonchev–Trinajstić information content (AvgIpc) is 2.83. The van der Waals surface area contributed by atoms with Gasteiger partial charge in [-0.3, -0.25) is 19.7 Å². The van der Waals surface area contributed by atoms with E-state index in [1.165, 1.54) is 6.42 Å². The van der Waals surface area contributed by atoms with Gasteiger partial charge >= 0.3 is 0 Å². The second-order valence-corrected chi connectivity index (χ2v) is 8.33. The number of hydrogen-bond acceptors (Lipinski definition) is 4. The van der Waals surface area contributed by atoms with Crippen LogP contribution in [0.2, 0.25) is 0 Å². The third-order valence-electron chi connectivity index (χ3n) is 6.74. The smallest absolute Gasteiger partial charge is 0.270 e. The van der Waals surface area contributed by atoms with Gasteiger partial charge in [-0.25, -0.2) is 0 Å². The molecule has 1 amide bonds. The Balaban J connectivity index is 1.54. The topological polar surface area (TPSA) is 58.1 Å². The van der Waals surface area contributed by atoms with Crippen molar-refractivity contribution in [2.24, 2.45) is 11.8 Å². The molecule has 3 aliphatic rings. The zero-order valence-corrected chi connectivity index (χ0v) is 16.9. The van der Waals surface area contributed by atoms with Crippen LogP contribution in [0.3, 0.4) is 0 Å². The van der Waals surface area contributed by atoms with Crippen molar-refractivity contribution in [3.8, 4) is 0 Å². The maximum Gasteiger partial charge on any atom is 0.270 e. The van der Waals surface area contributed by atoms with Gasteiger partial charge in [-0.15, -0.1) is 6.58 Å². The first-order valence-electron chi connectivity index (χ1n) is 10.7. The standard InChI is InChI=1S/C25H26N4O/c1-2-17-16-29-14-11-18(17)15-23(29)24(28-25(30)22-9-5-6-12-26-22)20-10-13-27-21-8-4-3-7-19(20)21/h2-10,12-13,17-18,23-24H,1,11,14-16H2,(H,28,30)/t17-,18?,23?,24-/m0/s1. The van der Waals surface area contributed by atoms with Gasteiger partial charge in [-0.05, 0) is 61.1 Å². The molecule has 0 radical (unpaired) electrons. The zero-order valence-electron chi connectivity index (χ0n) is 16.9. The summed E-state index contributed by atoms with van der Waals surface area (Å²) in [6, 6.07) is 15.8. The Morgan fingerprint density at radius 3 is 2.77 bits per heavy atom. The monoisotopic (exact) mass is 398 g/mol.